The summed E-state index contributed by atoms with van der Waals surface area (Å²) in [4.78, 5) is 3.32. The Balaban J connectivity index is 1.71. The Morgan fingerprint density at radius 2 is 1.38 bits per heavy atom. The van der Waals surface area contributed by atoms with Crippen LogP contribution in [0.5, 0.6) is 5.75 Å². The van der Waals surface area contributed by atoms with E-state index in [-0.39, 0.29) is 22.3 Å². The van der Waals surface area contributed by atoms with Crippen LogP contribution < -0.4 is 4.74 Å². The van der Waals surface area contributed by atoms with Gasteiger partial charge in [-0.3, -0.25) is 0 Å². The van der Waals surface area contributed by atoms with Crippen LogP contribution in [0, 0.1) is 5.82 Å². The van der Waals surface area contributed by atoms with E-state index in [0.717, 1.165) is 24.2 Å². The first-order valence-electron chi connectivity index (χ1n) is 8.98. The van der Waals surface area contributed by atoms with Gasteiger partial charge in [0.25, 0.3) is 0 Å². The molecule has 1 aliphatic rings. The van der Waals surface area contributed by atoms with E-state index < -0.39 is 0 Å². The molecule has 1 aliphatic carbocycles. The fourth-order valence-corrected chi connectivity index (χ4v) is 5.36. The summed E-state index contributed by atoms with van der Waals surface area (Å²) in [5, 5.41) is 0. The summed E-state index contributed by atoms with van der Waals surface area (Å²) >= 11 is 0. The highest BCUT2D eigenvalue weighted by Gasteiger charge is 2.35. The van der Waals surface area contributed by atoms with Gasteiger partial charge >= 0.3 is 0 Å². The van der Waals surface area contributed by atoms with Crippen LogP contribution in [0.4, 0.5) is 4.39 Å². The molecule has 0 amide bonds. The van der Waals surface area contributed by atoms with Crippen LogP contribution in [-0.2, 0) is 10.9 Å². The average Bonchev–Trinajstić information content (AvgIpc) is 2.65. The number of hydrogen-bond acceptors (Lipinski definition) is 1. The first-order valence-corrected chi connectivity index (χ1v) is 10.2. The lowest BCUT2D eigenvalue weighted by atomic mass is 9.82. The van der Waals surface area contributed by atoms with Crippen molar-refractivity contribution in [2.75, 3.05) is 0 Å². The second-order valence-electron chi connectivity index (χ2n) is 6.93. The Kier molecular flexibility index (Phi) is 4.73. The lowest BCUT2D eigenvalue weighted by Gasteiger charge is -2.38. The van der Waals surface area contributed by atoms with E-state index in [1.165, 1.54) is 9.79 Å². The Morgan fingerprint density at radius 1 is 0.808 bits per heavy atom. The highest BCUT2D eigenvalue weighted by molar-refractivity contribution is 7.97. The van der Waals surface area contributed by atoms with Gasteiger partial charge in [-0.1, -0.05) is 36.4 Å². The van der Waals surface area contributed by atoms with Crippen LogP contribution in [0.1, 0.15) is 26.2 Å². The molecule has 0 aliphatic heterocycles. The fraction of sp³-hybridized carbons (Fsp3) is 0.217. The lowest BCUT2D eigenvalue weighted by Crippen LogP contribution is -2.39. The molecule has 3 heteroatoms. The van der Waals surface area contributed by atoms with Crippen LogP contribution in [0.15, 0.2) is 93.5 Å². The van der Waals surface area contributed by atoms with Crippen molar-refractivity contribution in [3.63, 3.8) is 0 Å². The number of halogens is 1. The third kappa shape index (κ3) is 3.49. The van der Waals surface area contributed by atoms with Gasteiger partial charge in [-0.2, -0.15) is 0 Å². The molecular formula is C23H22FOS+. The molecule has 1 saturated carbocycles. The van der Waals surface area contributed by atoms with Crippen molar-refractivity contribution in [1.29, 1.82) is 0 Å². The van der Waals surface area contributed by atoms with Gasteiger partial charge in [0, 0.05) is 6.07 Å². The van der Waals surface area contributed by atoms with Crippen molar-refractivity contribution in [1.82, 2.24) is 0 Å². The third-order valence-corrected chi connectivity index (χ3v) is 7.08. The monoisotopic (exact) mass is 365 g/mol. The summed E-state index contributed by atoms with van der Waals surface area (Å²) in [6.45, 7) is 2.06. The molecule has 0 atom stereocenters. The van der Waals surface area contributed by atoms with Gasteiger partial charge in [-0.05, 0) is 62.6 Å². The largest absolute Gasteiger partial charge is 0.484 e. The number of rotatable bonds is 5. The third-order valence-electron chi connectivity index (χ3n) is 4.86. The highest BCUT2D eigenvalue weighted by atomic mass is 32.2. The minimum atomic E-state index is -0.340. The van der Waals surface area contributed by atoms with Crippen LogP contribution in [0.3, 0.4) is 0 Å². The van der Waals surface area contributed by atoms with Crippen LogP contribution in [0.2, 0.25) is 0 Å². The van der Waals surface area contributed by atoms with Crippen LogP contribution >= 0.6 is 0 Å². The van der Waals surface area contributed by atoms with Gasteiger partial charge in [-0.25, -0.2) is 4.39 Å². The molecule has 132 valence electrons. The van der Waals surface area contributed by atoms with Crippen molar-refractivity contribution in [2.24, 2.45) is 0 Å². The first-order chi connectivity index (χ1) is 12.6. The van der Waals surface area contributed by atoms with Crippen LogP contribution in [0.25, 0.3) is 0 Å². The van der Waals surface area contributed by atoms with Crippen molar-refractivity contribution >= 4 is 10.9 Å². The zero-order valence-electron chi connectivity index (χ0n) is 14.8. The van der Waals surface area contributed by atoms with E-state index >= 15 is 0 Å². The molecule has 0 radical (unpaired) electrons. The zero-order valence-corrected chi connectivity index (χ0v) is 15.6. The Morgan fingerprint density at radius 3 is 1.85 bits per heavy atom. The summed E-state index contributed by atoms with van der Waals surface area (Å²) in [6.07, 6.45) is 3.14. The molecule has 1 nitrogen and oxygen atoms in total. The van der Waals surface area contributed by atoms with Gasteiger partial charge in [0.1, 0.15) is 5.60 Å². The molecule has 0 aromatic heterocycles. The second-order valence-corrected chi connectivity index (χ2v) is 8.96. The predicted octanol–water partition coefficient (Wildman–Crippen LogP) is 6.24. The summed E-state index contributed by atoms with van der Waals surface area (Å²) in [7, 11) is -0.340. The zero-order chi connectivity index (χ0) is 18.0. The highest BCUT2D eigenvalue weighted by Crippen LogP contribution is 2.38. The average molecular weight is 365 g/mol. The Labute approximate surface area is 157 Å². The summed E-state index contributed by atoms with van der Waals surface area (Å²) < 4.78 is 20.8. The molecule has 26 heavy (non-hydrogen) atoms. The van der Waals surface area contributed by atoms with Crippen molar-refractivity contribution in [3.8, 4) is 5.75 Å². The maximum absolute atomic E-state index is 14.8. The quantitative estimate of drug-likeness (QED) is 0.486. The van der Waals surface area contributed by atoms with E-state index in [2.05, 4.69) is 31.2 Å². The van der Waals surface area contributed by atoms with E-state index in [1.54, 1.807) is 12.1 Å². The van der Waals surface area contributed by atoms with Gasteiger partial charge in [-0.15, -0.1) is 0 Å². The lowest BCUT2D eigenvalue weighted by molar-refractivity contribution is 0.00788. The minimum Gasteiger partial charge on any atom is -0.484 e. The molecule has 1 fully saturated rings. The van der Waals surface area contributed by atoms with Gasteiger partial charge < -0.3 is 4.74 Å². The summed E-state index contributed by atoms with van der Waals surface area (Å²) in [6, 6.07) is 26.0. The maximum atomic E-state index is 14.8. The molecule has 0 saturated heterocycles. The molecule has 0 spiro atoms. The Hall–Kier alpha value is -2.26. The van der Waals surface area contributed by atoms with Crippen molar-refractivity contribution in [3.05, 3.63) is 84.7 Å². The first kappa shape index (κ1) is 17.2. The topological polar surface area (TPSA) is 9.23 Å². The Bertz CT molecular complexity index is 836. The SMILES string of the molecule is CC1(Oc2ccc([S+](c3ccccc3)c3ccccc3)cc2F)CCC1. The van der Waals surface area contributed by atoms with Gasteiger partial charge in [0.05, 0.1) is 10.9 Å². The summed E-state index contributed by atoms with van der Waals surface area (Å²) in [5.74, 6) is 0.0839. The van der Waals surface area contributed by atoms with Gasteiger partial charge in [0.15, 0.2) is 26.3 Å². The molecule has 0 heterocycles. The smallest absolute Gasteiger partial charge is 0.170 e. The standard InChI is InChI=1S/C23H22FOS/c1-23(15-8-16-23)25-22-14-13-20(17-21(22)24)26(18-9-4-2-5-10-18)19-11-6-3-7-12-19/h2-7,9-14,17H,8,15-16H2,1H3/q+1. The van der Waals surface area contributed by atoms with Crippen molar-refractivity contribution in [2.45, 2.75) is 46.5 Å². The number of benzene rings is 3. The molecule has 0 bridgehead atoms. The van der Waals surface area contributed by atoms with Crippen LogP contribution in [-0.4, -0.2) is 5.60 Å². The van der Waals surface area contributed by atoms with E-state index in [4.69, 9.17) is 4.74 Å². The maximum Gasteiger partial charge on any atom is 0.170 e. The predicted molar refractivity (Wildman–Crippen MR) is 104 cm³/mol. The molecular weight excluding hydrogens is 343 g/mol. The molecule has 4 rings (SSSR count). The van der Waals surface area contributed by atoms with E-state index in [0.29, 0.717) is 5.75 Å². The molecule has 0 N–H and O–H groups in total. The molecule has 0 unspecified atom stereocenters. The number of ether oxygens (including phenoxy) is 1. The fourth-order valence-electron chi connectivity index (χ4n) is 3.25. The van der Waals surface area contributed by atoms with E-state index in [1.807, 2.05) is 42.5 Å². The van der Waals surface area contributed by atoms with Gasteiger partial charge in [0.2, 0.25) is 0 Å². The van der Waals surface area contributed by atoms with E-state index in [9.17, 15) is 4.39 Å². The van der Waals surface area contributed by atoms with Crippen molar-refractivity contribution < 1.29 is 9.13 Å². The molecule has 3 aromatic rings. The second kappa shape index (κ2) is 7.16. The number of hydrogen-bond donors (Lipinski definition) is 0. The minimum absolute atomic E-state index is 0.205. The normalized spacial score (nSPS) is 15.5. The molecule has 3 aromatic carbocycles. The summed E-state index contributed by atoms with van der Waals surface area (Å²) in [5.41, 5.74) is -0.205.